The Morgan fingerprint density at radius 1 is 0.613 bits per heavy atom. The summed E-state index contributed by atoms with van der Waals surface area (Å²) in [6.45, 7) is 0. The Morgan fingerprint density at radius 2 is 1.16 bits per heavy atom. The molecule has 0 saturated heterocycles. The molecule has 4 aromatic rings. The van der Waals surface area contributed by atoms with Crippen molar-refractivity contribution in [2.24, 2.45) is 5.92 Å². The summed E-state index contributed by atoms with van der Waals surface area (Å²) in [4.78, 5) is 0. The first-order valence-electron chi connectivity index (χ1n) is 10.9. The number of allylic oxidation sites excluding steroid dienone is 1. The van der Waals surface area contributed by atoms with Gasteiger partial charge < -0.3 is 0 Å². The minimum atomic E-state index is -1.81. The van der Waals surface area contributed by atoms with E-state index in [1.54, 1.807) is 10.6 Å². The van der Waals surface area contributed by atoms with Gasteiger partial charge in [-0.2, -0.15) is 0 Å². The molecule has 31 heavy (non-hydrogen) atoms. The van der Waals surface area contributed by atoms with Gasteiger partial charge in [0.15, 0.2) is 0 Å². The summed E-state index contributed by atoms with van der Waals surface area (Å²) in [5, 5.41) is 3.15. The molecule has 0 nitrogen and oxygen atoms in total. The average Bonchev–Trinajstić information content (AvgIpc) is 3.32. The second kappa shape index (κ2) is 6.08. The average molecular weight is 479 g/mol. The maximum atomic E-state index is 3.92. The van der Waals surface area contributed by atoms with E-state index in [2.05, 4.69) is 136 Å². The van der Waals surface area contributed by atoms with Gasteiger partial charge in [0.25, 0.3) is 0 Å². The molecule has 4 atom stereocenters. The van der Waals surface area contributed by atoms with E-state index >= 15 is 0 Å². The van der Waals surface area contributed by atoms with Crippen LogP contribution in [0.1, 0.15) is 22.3 Å². The normalized spacial score (nSPS) is 31.6. The van der Waals surface area contributed by atoms with Crippen molar-refractivity contribution in [3.8, 4) is 0 Å². The van der Waals surface area contributed by atoms with Crippen LogP contribution in [0.5, 0.6) is 0 Å². The van der Waals surface area contributed by atoms with E-state index in [-0.39, 0.29) is 10.6 Å². The third kappa shape index (κ3) is 1.86. The first-order valence-corrected chi connectivity index (χ1v) is 14.9. The fourth-order valence-electron chi connectivity index (χ4n) is 6.83. The second-order valence-electron chi connectivity index (χ2n) is 8.83. The molecule has 1 saturated carbocycles. The SMILES string of the molecule is [Se]=P12C(c3ccccc3)=CC3C(c4ccccc4)(c4ccccc41)C32c1ccccc1. The molecule has 2 heterocycles. The molecule has 0 spiro atoms. The molecule has 1 fully saturated rings. The van der Waals surface area contributed by atoms with Crippen LogP contribution in [0, 0.1) is 5.92 Å². The summed E-state index contributed by atoms with van der Waals surface area (Å²) in [5.41, 5.74) is 4.04. The Hall–Kier alpha value is -2.43. The zero-order valence-corrected chi connectivity index (χ0v) is 19.6. The zero-order valence-electron chi connectivity index (χ0n) is 17.0. The molecular weight excluding hydrogens is 458 g/mol. The molecule has 0 amide bonds. The minimum absolute atomic E-state index is 0.0174. The maximum absolute atomic E-state index is 3.92. The summed E-state index contributed by atoms with van der Waals surface area (Å²) in [6.07, 6.45) is 2.64. The van der Waals surface area contributed by atoms with Gasteiger partial charge in [-0.3, -0.25) is 0 Å². The molecular formula is C29H21PSe. The van der Waals surface area contributed by atoms with E-state index in [1.165, 1.54) is 22.3 Å². The number of fused-ring (bicyclic) bond motifs is 4. The third-order valence-electron chi connectivity index (χ3n) is 7.78. The molecule has 0 radical (unpaired) electrons. The van der Waals surface area contributed by atoms with Gasteiger partial charge in [-0.05, 0) is 0 Å². The molecule has 0 bridgehead atoms. The zero-order chi connectivity index (χ0) is 20.7. The van der Waals surface area contributed by atoms with E-state index in [0.717, 1.165) is 0 Å². The van der Waals surface area contributed by atoms with Crippen LogP contribution in [0.25, 0.3) is 5.31 Å². The van der Waals surface area contributed by atoms with Crippen LogP contribution in [-0.2, 0) is 10.6 Å². The fraction of sp³-hybridized carbons (Fsp3) is 0.103. The van der Waals surface area contributed by atoms with Crippen molar-refractivity contribution in [2.75, 3.05) is 0 Å². The van der Waals surface area contributed by atoms with Crippen LogP contribution in [0.3, 0.4) is 0 Å². The summed E-state index contributed by atoms with van der Waals surface area (Å²) >= 11 is 3.92. The van der Waals surface area contributed by atoms with E-state index in [9.17, 15) is 0 Å². The van der Waals surface area contributed by atoms with Gasteiger partial charge in [0.2, 0.25) is 0 Å². The van der Waals surface area contributed by atoms with Crippen molar-refractivity contribution in [1.29, 1.82) is 0 Å². The molecule has 0 N–H and O–H groups in total. The summed E-state index contributed by atoms with van der Waals surface area (Å²) in [7, 11) is 0. The molecule has 2 aliphatic heterocycles. The Bertz CT molecular complexity index is 1410. The van der Waals surface area contributed by atoms with Crippen LogP contribution >= 0.6 is 5.51 Å². The summed E-state index contributed by atoms with van der Waals surface area (Å²) in [6, 6.07) is 42.9. The van der Waals surface area contributed by atoms with Gasteiger partial charge in [-0.25, -0.2) is 0 Å². The monoisotopic (exact) mass is 480 g/mol. The Morgan fingerprint density at radius 3 is 1.84 bits per heavy atom. The molecule has 0 aromatic heterocycles. The number of hydrogen-bond donors (Lipinski definition) is 0. The van der Waals surface area contributed by atoms with Crippen molar-refractivity contribution in [3.63, 3.8) is 0 Å². The molecule has 2 heteroatoms. The first-order chi connectivity index (χ1) is 15.3. The van der Waals surface area contributed by atoms with Crippen molar-refractivity contribution >= 4 is 31.2 Å². The second-order valence-corrected chi connectivity index (χ2v) is 15.2. The van der Waals surface area contributed by atoms with Gasteiger partial charge in [-0.1, -0.05) is 0 Å². The molecule has 1 aliphatic carbocycles. The summed E-state index contributed by atoms with van der Waals surface area (Å²) in [5.74, 6) is 0.476. The van der Waals surface area contributed by atoms with Crippen LogP contribution in [0.15, 0.2) is 121 Å². The fourth-order valence-corrected chi connectivity index (χ4v) is 15.9. The van der Waals surface area contributed by atoms with E-state index in [0.29, 0.717) is 5.92 Å². The Balaban J connectivity index is 1.63. The van der Waals surface area contributed by atoms with Crippen molar-refractivity contribution in [2.45, 2.75) is 10.6 Å². The van der Waals surface area contributed by atoms with E-state index in [4.69, 9.17) is 0 Å². The van der Waals surface area contributed by atoms with Gasteiger partial charge >= 0.3 is 191 Å². The Kier molecular flexibility index (Phi) is 3.56. The third-order valence-corrected chi connectivity index (χ3v) is 16.1. The van der Waals surface area contributed by atoms with Crippen LogP contribution < -0.4 is 5.30 Å². The first kappa shape index (κ1) is 18.2. The molecule has 3 aliphatic rings. The van der Waals surface area contributed by atoms with Crippen LogP contribution in [0.4, 0.5) is 0 Å². The van der Waals surface area contributed by atoms with E-state index in [1.807, 2.05) is 0 Å². The molecule has 148 valence electrons. The summed E-state index contributed by atoms with van der Waals surface area (Å²) < 4.78 is 0. The van der Waals surface area contributed by atoms with Gasteiger partial charge in [0.1, 0.15) is 0 Å². The Labute approximate surface area is 190 Å². The van der Waals surface area contributed by atoms with Crippen molar-refractivity contribution in [1.82, 2.24) is 0 Å². The number of benzene rings is 4. The number of rotatable bonds is 3. The molecule has 7 rings (SSSR count). The quantitative estimate of drug-likeness (QED) is 0.239. The van der Waals surface area contributed by atoms with Gasteiger partial charge in [0, 0.05) is 0 Å². The molecule has 4 unspecified atom stereocenters. The van der Waals surface area contributed by atoms with Crippen molar-refractivity contribution < 1.29 is 0 Å². The predicted molar refractivity (Wildman–Crippen MR) is 132 cm³/mol. The molecule has 4 aromatic carbocycles. The standard InChI is InChI=1S/C29H21PSe/c31-30-25-19-11-10-18-24(25)28(22-14-6-2-7-15-22)27(20-26(30)21-12-4-1-5-13-21)29(28,30)23-16-8-3-9-17-23/h1-20,27H. The van der Waals surface area contributed by atoms with Gasteiger partial charge in [0.05, 0.1) is 0 Å². The van der Waals surface area contributed by atoms with Gasteiger partial charge in [-0.15, -0.1) is 0 Å². The van der Waals surface area contributed by atoms with Crippen LogP contribution in [0.2, 0.25) is 0 Å². The van der Waals surface area contributed by atoms with Crippen molar-refractivity contribution in [3.05, 3.63) is 144 Å². The van der Waals surface area contributed by atoms with E-state index < -0.39 is 5.51 Å². The number of hydrogen-bond acceptors (Lipinski definition) is 0. The van der Waals surface area contributed by atoms with Crippen LogP contribution in [-0.4, -0.2) is 15.1 Å². The topological polar surface area (TPSA) is 0 Å². The predicted octanol–water partition coefficient (Wildman–Crippen LogP) is 6.29.